The molecule has 1 amide bonds. The number of hydrogen-bond donors (Lipinski definition) is 1. The van der Waals surface area contributed by atoms with Gasteiger partial charge in [-0.05, 0) is 51.0 Å². The highest BCUT2D eigenvalue weighted by Crippen LogP contribution is 2.39. The molecule has 1 N–H and O–H groups in total. The Morgan fingerprint density at radius 3 is 2.42 bits per heavy atom. The molecule has 4 rings (SSSR count). The molecule has 228 valence electrons. The van der Waals surface area contributed by atoms with Crippen molar-refractivity contribution < 1.29 is 27.9 Å². The first-order chi connectivity index (χ1) is 20.2. The Bertz CT molecular complexity index is 1640. The fourth-order valence-electron chi connectivity index (χ4n) is 4.41. The van der Waals surface area contributed by atoms with Crippen LogP contribution < -0.4 is 14.5 Å². The van der Waals surface area contributed by atoms with E-state index in [1.807, 2.05) is 31.2 Å². The van der Waals surface area contributed by atoms with Crippen LogP contribution in [0.3, 0.4) is 0 Å². The van der Waals surface area contributed by atoms with Gasteiger partial charge in [-0.25, -0.2) is 14.2 Å². The van der Waals surface area contributed by atoms with E-state index >= 15 is 0 Å². The van der Waals surface area contributed by atoms with Crippen molar-refractivity contribution in [2.24, 2.45) is 0 Å². The van der Waals surface area contributed by atoms with Gasteiger partial charge in [-0.1, -0.05) is 57.2 Å². The molecule has 0 spiro atoms. The summed E-state index contributed by atoms with van der Waals surface area (Å²) in [5, 5.41) is 3.09. The van der Waals surface area contributed by atoms with Crippen LogP contribution in [0.2, 0.25) is 18.1 Å². The van der Waals surface area contributed by atoms with Crippen molar-refractivity contribution in [2.45, 2.75) is 72.3 Å². The molecule has 0 fully saturated rings. The smallest absolute Gasteiger partial charge is 0.339 e. The fourth-order valence-corrected chi connectivity index (χ4v) is 5.45. The minimum Gasteiger partial charge on any atom is -0.543 e. The second-order valence-electron chi connectivity index (χ2n) is 12.0. The maximum atomic E-state index is 14.3. The van der Waals surface area contributed by atoms with Crippen LogP contribution in [0, 0.1) is 12.7 Å². The molecule has 0 unspecified atom stereocenters. The third kappa shape index (κ3) is 6.91. The number of aromatic nitrogens is 2. The summed E-state index contributed by atoms with van der Waals surface area (Å²) in [4.78, 5) is 31.2. The molecule has 0 bridgehead atoms. The van der Waals surface area contributed by atoms with Gasteiger partial charge in [0.25, 0.3) is 5.91 Å². The number of hydrogen-bond acceptors (Lipinski definition) is 6. The summed E-state index contributed by atoms with van der Waals surface area (Å²) in [6.07, 6.45) is 1.51. The number of carbonyl (C=O) groups excluding carboxylic acids is 2. The summed E-state index contributed by atoms with van der Waals surface area (Å²) in [6.45, 7) is 16.3. The van der Waals surface area contributed by atoms with Gasteiger partial charge in [-0.15, -0.1) is 0 Å². The molecule has 0 saturated heterocycles. The Balaban J connectivity index is 1.69. The number of para-hydroxylation sites is 1. The summed E-state index contributed by atoms with van der Waals surface area (Å²) in [6, 6.07) is 15.1. The van der Waals surface area contributed by atoms with E-state index in [0.717, 1.165) is 11.3 Å². The van der Waals surface area contributed by atoms with E-state index in [4.69, 9.17) is 13.9 Å². The van der Waals surface area contributed by atoms with Crippen molar-refractivity contribution >= 4 is 25.8 Å². The van der Waals surface area contributed by atoms with Crippen molar-refractivity contribution in [2.75, 3.05) is 6.61 Å². The zero-order valence-corrected chi connectivity index (χ0v) is 27.1. The second-order valence-corrected chi connectivity index (χ2v) is 16.8. The quantitative estimate of drug-likeness (QED) is 0.150. The minimum absolute atomic E-state index is 0.00289. The summed E-state index contributed by atoms with van der Waals surface area (Å²) in [5.74, 6) is -0.419. The molecule has 1 atom stereocenters. The minimum atomic E-state index is -2.14. The van der Waals surface area contributed by atoms with E-state index in [9.17, 15) is 14.0 Å². The topological polar surface area (TPSA) is 91.2 Å². The van der Waals surface area contributed by atoms with Gasteiger partial charge in [0.1, 0.15) is 23.9 Å². The van der Waals surface area contributed by atoms with Crippen LogP contribution >= 0.6 is 0 Å². The number of pyridine rings is 1. The molecule has 0 radical (unpaired) electrons. The molecule has 2 aromatic carbocycles. The van der Waals surface area contributed by atoms with Crippen LogP contribution in [0.15, 0.2) is 60.8 Å². The van der Waals surface area contributed by atoms with Crippen molar-refractivity contribution in [3.05, 3.63) is 94.7 Å². The zero-order valence-electron chi connectivity index (χ0n) is 26.1. The summed E-state index contributed by atoms with van der Waals surface area (Å²) in [7, 11) is -2.14. The first-order valence-electron chi connectivity index (χ1n) is 14.4. The molecule has 0 saturated carbocycles. The van der Waals surface area contributed by atoms with Crippen LogP contribution in [-0.2, 0) is 11.3 Å². The van der Waals surface area contributed by atoms with Gasteiger partial charge >= 0.3 is 5.97 Å². The van der Waals surface area contributed by atoms with E-state index < -0.39 is 26.1 Å². The number of amides is 1. The highest BCUT2D eigenvalue weighted by molar-refractivity contribution is 6.74. The van der Waals surface area contributed by atoms with Crippen molar-refractivity contribution in [1.29, 1.82) is 0 Å². The number of imidazole rings is 1. The Hall–Kier alpha value is -4.18. The predicted octanol–water partition coefficient (Wildman–Crippen LogP) is 7.41. The number of ether oxygens (including phenoxy) is 2. The van der Waals surface area contributed by atoms with E-state index in [-0.39, 0.29) is 41.2 Å². The van der Waals surface area contributed by atoms with E-state index in [1.54, 1.807) is 32.0 Å². The van der Waals surface area contributed by atoms with Gasteiger partial charge in [-0.2, -0.15) is 0 Å². The van der Waals surface area contributed by atoms with Gasteiger partial charge < -0.3 is 19.2 Å². The first-order valence-corrected chi connectivity index (χ1v) is 17.3. The zero-order chi connectivity index (χ0) is 31.5. The van der Waals surface area contributed by atoms with Crippen LogP contribution in [-0.4, -0.2) is 36.2 Å². The van der Waals surface area contributed by atoms with Crippen LogP contribution in [0.5, 0.6) is 11.5 Å². The van der Waals surface area contributed by atoms with Crippen LogP contribution in [0.25, 0.3) is 5.65 Å². The van der Waals surface area contributed by atoms with E-state index in [0.29, 0.717) is 16.9 Å². The van der Waals surface area contributed by atoms with Crippen molar-refractivity contribution in [1.82, 2.24) is 14.7 Å². The SMILES string of the molecule is CCOC(=O)c1cc(OCc2ccccc2F)c2nc(C)c(C(=O)N[C@H](C)c3ccccc3O[Si](C)(C)C(C)(C)C)n2c1. The third-order valence-corrected chi connectivity index (χ3v) is 12.2. The number of benzene rings is 2. The Labute approximate surface area is 253 Å². The molecular weight excluding hydrogens is 565 g/mol. The summed E-state index contributed by atoms with van der Waals surface area (Å²) < 4.78 is 33.6. The molecule has 43 heavy (non-hydrogen) atoms. The van der Waals surface area contributed by atoms with E-state index in [1.165, 1.54) is 22.7 Å². The molecule has 0 aliphatic heterocycles. The highest BCUT2D eigenvalue weighted by atomic mass is 28.4. The number of fused-ring (bicyclic) bond motifs is 1. The lowest BCUT2D eigenvalue weighted by molar-refractivity contribution is 0.0524. The molecular formula is C33H40FN3O5Si. The standard InChI is InChI=1S/C33H40FN3O5Si/c1-9-40-32(39)24-18-28(41-20-23-14-10-12-16-26(23)34)30-35-22(3)29(37(30)19-24)31(38)36-21(2)25-15-11-13-17-27(25)42-43(7,8)33(4,5)6/h10-19,21H,9,20H2,1-8H3,(H,36,38)/t21-/m1/s1. The number of esters is 1. The van der Waals surface area contributed by atoms with Gasteiger partial charge in [0, 0.05) is 23.4 Å². The van der Waals surface area contributed by atoms with Gasteiger partial charge in [-0.3, -0.25) is 9.20 Å². The number of aryl methyl sites for hydroxylation is 1. The Morgan fingerprint density at radius 2 is 1.74 bits per heavy atom. The average molecular weight is 606 g/mol. The number of nitrogens with zero attached hydrogens (tertiary/aromatic N) is 2. The average Bonchev–Trinajstić information content (AvgIpc) is 3.27. The summed E-state index contributed by atoms with van der Waals surface area (Å²) >= 11 is 0. The normalized spacial score (nSPS) is 12.6. The third-order valence-electron chi connectivity index (χ3n) is 7.83. The van der Waals surface area contributed by atoms with Gasteiger partial charge in [0.05, 0.1) is 23.9 Å². The molecule has 2 heterocycles. The van der Waals surface area contributed by atoms with Crippen molar-refractivity contribution in [3.8, 4) is 11.5 Å². The molecule has 10 heteroatoms. The lowest BCUT2D eigenvalue weighted by atomic mass is 10.1. The second kappa shape index (κ2) is 12.6. The van der Waals surface area contributed by atoms with Gasteiger partial charge in [0.15, 0.2) is 11.4 Å². The van der Waals surface area contributed by atoms with Crippen LogP contribution in [0.1, 0.15) is 78.3 Å². The highest BCUT2D eigenvalue weighted by Gasteiger charge is 2.39. The Kier molecular flexibility index (Phi) is 9.29. The number of carbonyl (C=O) groups is 2. The largest absolute Gasteiger partial charge is 0.543 e. The monoisotopic (exact) mass is 605 g/mol. The first kappa shape index (κ1) is 31.7. The molecule has 8 nitrogen and oxygen atoms in total. The number of nitrogens with one attached hydrogen (secondary N) is 1. The lowest BCUT2D eigenvalue weighted by Crippen LogP contribution is -2.44. The van der Waals surface area contributed by atoms with Crippen molar-refractivity contribution in [3.63, 3.8) is 0 Å². The molecule has 0 aliphatic carbocycles. The number of halogens is 1. The number of rotatable bonds is 10. The van der Waals surface area contributed by atoms with Crippen LogP contribution in [0.4, 0.5) is 4.39 Å². The predicted molar refractivity (Wildman–Crippen MR) is 167 cm³/mol. The lowest BCUT2D eigenvalue weighted by Gasteiger charge is -2.37. The maximum Gasteiger partial charge on any atom is 0.339 e. The molecule has 4 aromatic rings. The Morgan fingerprint density at radius 1 is 1.07 bits per heavy atom. The fraction of sp³-hybridized carbons (Fsp3) is 0.364. The summed E-state index contributed by atoms with van der Waals surface area (Å²) in [5.41, 5.74) is 2.37. The molecule has 0 aliphatic rings. The maximum absolute atomic E-state index is 14.3. The van der Waals surface area contributed by atoms with E-state index in [2.05, 4.69) is 44.2 Å². The van der Waals surface area contributed by atoms with Gasteiger partial charge in [0.2, 0.25) is 8.32 Å². The molecule has 2 aromatic heterocycles.